The fourth-order valence-corrected chi connectivity index (χ4v) is 4.44. The van der Waals surface area contributed by atoms with E-state index in [0.29, 0.717) is 5.69 Å². The van der Waals surface area contributed by atoms with Crippen LogP contribution in [0.1, 0.15) is 30.9 Å². The number of benzene rings is 1. The summed E-state index contributed by atoms with van der Waals surface area (Å²) in [7, 11) is -1.52. The van der Waals surface area contributed by atoms with E-state index >= 15 is 0 Å². The normalized spacial score (nSPS) is 18.0. The van der Waals surface area contributed by atoms with Crippen molar-refractivity contribution in [1.29, 1.82) is 0 Å². The minimum atomic E-state index is -3.59. The molecule has 1 fully saturated rings. The van der Waals surface area contributed by atoms with Crippen LogP contribution in [0.3, 0.4) is 0 Å². The summed E-state index contributed by atoms with van der Waals surface area (Å²) in [6, 6.07) is 4.93. The maximum atomic E-state index is 12.7. The number of carbonyl (C=O) groups excluding carboxylic acids is 1. The van der Waals surface area contributed by atoms with Gasteiger partial charge in [0.2, 0.25) is 15.9 Å². The topological polar surface area (TPSA) is 69.7 Å². The standard InChI is InChI=1S/C18H29N3O3S/c1-13-6-7-14(2)17(12-13)21(25(5,23)24)15(3)18(22)19-16-8-10-20(4)11-9-16/h6-7,12,15-16H,8-11H2,1-5H3,(H,19,22). The minimum absolute atomic E-state index is 0.103. The van der Waals surface area contributed by atoms with Gasteiger partial charge in [-0.15, -0.1) is 0 Å². The largest absolute Gasteiger partial charge is 0.351 e. The Morgan fingerprint density at radius 3 is 2.44 bits per heavy atom. The molecule has 1 atom stereocenters. The number of rotatable bonds is 5. The molecule has 1 amide bonds. The lowest BCUT2D eigenvalue weighted by Crippen LogP contribution is -2.52. The highest BCUT2D eigenvalue weighted by molar-refractivity contribution is 7.92. The number of nitrogens with one attached hydrogen (secondary N) is 1. The quantitative estimate of drug-likeness (QED) is 0.859. The number of nitrogens with zero attached hydrogens (tertiary/aromatic N) is 2. The lowest BCUT2D eigenvalue weighted by Gasteiger charge is -2.33. The third-order valence-corrected chi connectivity index (χ3v) is 5.98. The smallest absolute Gasteiger partial charge is 0.243 e. The number of carbonyl (C=O) groups is 1. The molecule has 1 heterocycles. The van der Waals surface area contributed by atoms with Crippen molar-refractivity contribution in [2.45, 2.75) is 45.7 Å². The van der Waals surface area contributed by atoms with Gasteiger partial charge in [0.15, 0.2) is 0 Å². The Morgan fingerprint density at radius 2 is 1.88 bits per heavy atom. The number of hydrogen-bond acceptors (Lipinski definition) is 4. The third kappa shape index (κ3) is 4.95. The molecule has 1 unspecified atom stereocenters. The van der Waals surface area contributed by atoms with Crippen molar-refractivity contribution in [3.8, 4) is 0 Å². The van der Waals surface area contributed by atoms with E-state index < -0.39 is 16.1 Å². The maximum absolute atomic E-state index is 12.7. The molecule has 1 aromatic carbocycles. The summed E-state index contributed by atoms with van der Waals surface area (Å²) in [6.45, 7) is 7.28. The van der Waals surface area contributed by atoms with Crippen LogP contribution in [-0.4, -0.2) is 57.7 Å². The fraction of sp³-hybridized carbons (Fsp3) is 0.611. The summed E-state index contributed by atoms with van der Waals surface area (Å²) >= 11 is 0. The predicted octanol–water partition coefficient (Wildman–Crippen LogP) is 1.67. The van der Waals surface area contributed by atoms with Gasteiger partial charge in [-0.1, -0.05) is 12.1 Å². The van der Waals surface area contributed by atoms with Crippen LogP contribution in [0.4, 0.5) is 5.69 Å². The first-order valence-corrected chi connectivity index (χ1v) is 10.5. The van der Waals surface area contributed by atoms with Crippen LogP contribution in [0.25, 0.3) is 0 Å². The highest BCUT2D eigenvalue weighted by atomic mass is 32.2. The van der Waals surface area contributed by atoms with E-state index in [4.69, 9.17) is 0 Å². The second-order valence-corrected chi connectivity index (χ2v) is 8.97. The average molecular weight is 368 g/mol. The molecule has 0 radical (unpaired) electrons. The van der Waals surface area contributed by atoms with Crippen molar-refractivity contribution in [3.63, 3.8) is 0 Å². The molecule has 2 rings (SSSR count). The summed E-state index contributed by atoms with van der Waals surface area (Å²) < 4.78 is 26.1. The summed E-state index contributed by atoms with van der Waals surface area (Å²) in [5.74, 6) is -0.249. The Kier molecular flexibility index (Phi) is 6.11. The number of sulfonamides is 1. The van der Waals surface area contributed by atoms with E-state index in [1.165, 1.54) is 4.31 Å². The first-order chi connectivity index (χ1) is 11.6. The van der Waals surface area contributed by atoms with Crippen LogP contribution in [-0.2, 0) is 14.8 Å². The van der Waals surface area contributed by atoms with Crippen molar-refractivity contribution in [2.24, 2.45) is 0 Å². The highest BCUT2D eigenvalue weighted by Gasteiger charge is 2.31. The molecular weight excluding hydrogens is 338 g/mol. The zero-order valence-electron chi connectivity index (χ0n) is 15.7. The van der Waals surface area contributed by atoms with E-state index in [1.807, 2.05) is 32.0 Å². The summed E-state index contributed by atoms with van der Waals surface area (Å²) in [6.07, 6.45) is 2.92. The van der Waals surface area contributed by atoms with E-state index in [2.05, 4.69) is 17.3 Å². The SMILES string of the molecule is Cc1ccc(C)c(N(C(C)C(=O)NC2CCN(C)CC2)S(C)(=O)=O)c1. The van der Waals surface area contributed by atoms with Crippen LogP contribution in [0.2, 0.25) is 0 Å². The van der Waals surface area contributed by atoms with E-state index in [9.17, 15) is 13.2 Å². The molecule has 1 saturated heterocycles. The molecule has 0 aliphatic carbocycles. The maximum Gasteiger partial charge on any atom is 0.243 e. The number of amides is 1. The Balaban J connectivity index is 2.23. The Labute approximate surface area is 151 Å². The number of aryl methyl sites for hydroxylation is 2. The van der Waals surface area contributed by atoms with Gasteiger partial charge in [0.25, 0.3) is 0 Å². The van der Waals surface area contributed by atoms with Crippen LogP contribution in [0.5, 0.6) is 0 Å². The summed E-state index contributed by atoms with van der Waals surface area (Å²) in [5, 5.41) is 3.02. The molecule has 1 N–H and O–H groups in total. The van der Waals surface area contributed by atoms with Gasteiger partial charge in [-0.05, 0) is 70.9 Å². The molecule has 6 nitrogen and oxygen atoms in total. The van der Waals surface area contributed by atoms with Crippen LogP contribution in [0, 0.1) is 13.8 Å². The molecule has 0 spiro atoms. The number of likely N-dealkylation sites (tertiary alicyclic amines) is 1. The van der Waals surface area contributed by atoms with Gasteiger partial charge >= 0.3 is 0 Å². The Hall–Kier alpha value is -1.60. The molecule has 25 heavy (non-hydrogen) atoms. The van der Waals surface area contributed by atoms with Gasteiger partial charge in [0, 0.05) is 6.04 Å². The van der Waals surface area contributed by atoms with Crippen molar-refractivity contribution in [1.82, 2.24) is 10.2 Å². The molecule has 0 aromatic heterocycles. The van der Waals surface area contributed by atoms with Gasteiger partial charge in [0.05, 0.1) is 11.9 Å². The first-order valence-electron chi connectivity index (χ1n) is 8.65. The van der Waals surface area contributed by atoms with Gasteiger partial charge in [-0.3, -0.25) is 9.10 Å². The van der Waals surface area contributed by atoms with Crippen LogP contribution >= 0.6 is 0 Å². The van der Waals surface area contributed by atoms with E-state index in [0.717, 1.165) is 43.3 Å². The predicted molar refractivity (Wildman–Crippen MR) is 101 cm³/mol. The second-order valence-electron chi connectivity index (χ2n) is 7.11. The third-order valence-electron chi connectivity index (χ3n) is 4.76. The molecule has 0 bridgehead atoms. The zero-order valence-corrected chi connectivity index (χ0v) is 16.6. The number of anilines is 1. The van der Waals surface area contributed by atoms with Gasteiger partial charge in [-0.25, -0.2) is 8.42 Å². The van der Waals surface area contributed by atoms with E-state index in [1.54, 1.807) is 6.92 Å². The minimum Gasteiger partial charge on any atom is -0.351 e. The summed E-state index contributed by atoms with van der Waals surface area (Å²) in [5.41, 5.74) is 2.35. The first kappa shape index (κ1) is 19.7. The van der Waals surface area contributed by atoms with Crippen molar-refractivity contribution < 1.29 is 13.2 Å². The van der Waals surface area contributed by atoms with Crippen LogP contribution in [0.15, 0.2) is 18.2 Å². The fourth-order valence-electron chi connectivity index (χ4n) is 3.21. The van der Waals surface area contributed by atoms with Crippen molar-refractivity contribution >= 4 is 21.6 Å². The molecule has 1 aromatic rings. The molecular formula is C18H29N3O3S. The van der Waals surface area contributed by atoms with Crippen molar-refractivity contribution in [3.05, 3.63) is 29.3 Å². The monoisotopic (exact) mass is 367 g/mol. The number of piperidine rings is 1. The van der Waals surface area contributed by atoms with E-state index in [-0.39, 0.29) is 11.9 Å². The molecule has 140 valence electrons. The zero-order chi connectivity index (χ0) is 18.8. The Bertz CT molecular complexity index is 725. The highest BCUT2D eigenvalue weighted by Crippen LogP contribution is 2.26. The molecule has 7 heteroatoms. The van der Waals surface area contributed by atoms with Gasteiger partial charge in [0.1, 0.15) is 6.04 Å². The lowest BCUT2D eigenvalue weighted by atomic mass is 10.0. The summed E-state index contributed by atoms with van der Waals surface area (Å²) in [4.78, 5) is 14.9. The molecule has 1 aliphatic heterocycles. The Morgan fingerprint density at radius 1 is 1.28 bits per heavy atom. The van der Waals surface area contributed by atoms with Crippen LogP contribution < -0.4 is 9.62 Å². The number of hydrogen-bond donors (Lipinski definition) is 1. The average Bonchev–Trinajstić information content (AvgIpc) is 2.51. The second kappa shape index (κ2) is 7.74. The van der Waals surface area contributed by atoms with Gasteiger partial charge in [-0.2, -0.15) is 0 Å². The van der Waals surface area contributed by atoms with Gasteiger partial charge < -0.3 is 10.2 Å². The van der Waals surface area contributed by atoms with Crippen molar-refractivity contribution in [2.75, 3.05) is 30.7 Å². The lowest BCUT2D eigenvalue weighted by molar-refractivity contribution is -0.122. The molecule has 1 aliphatic rings. The molecule has 0 saturated carbocycles.